The highest BCUT2D eigenvalue weighted by atomic mass is 35.5. The first-order chi connectivity index (χ1) is 12.8. The number of nitro groups is 1. The quantitative estimate of drug-likeness (QED) is 0.542. The molecule has 0 aliphatic rings. The lowest BCUT2D eigenvalue weighted by Crippen LogP contribution is -2.38. The summed E-state index contributed by atoms with van der Waals surface area (Å²) in [5.41, 5.74) is 1.66. The molecular weight excluding hydrogens is 366 g/mol. The van der Waals surface area contributed by atoms with Gasteiger partial charge in [-0.1, -0.05) is 55.8 Å². The smallest absolute Gasteiger partial charge is 0.269 e. The van der Waals surface area contributed by atoms with Crippen LogP contribution in [0.3, 0.4) is 0 Å². The van der Waals surface area contributed by atoms with Crippen LogP contribution in [0, 0.1) is 16.0 Å². The van der Waals surface area contributed by atoms with E-state index in [-0.39, 0.29) is 30.1 Å². The number of likely N-dealkylation sites (N-methyl/N-ethyl adjacent to an activating group) is 1. The van der Waals surface area contributed by atoms with Crippen molar-refractivity contribution < 1.29 is 9.72 Å². The van der Waals surface area contributed by atoms with Gasteiger partial charge in [-0.25, -0.2) is 0 Å². The second-order valence-electron chi connectivity index (χ2n) is 6.90. The predicted molar refractivity (Wildman–Crippen MR) is 107 cm³/mol. The van der Waals surface area contributed by atoms with Crippen molar-refractivity contribution in [3.8, 4) is 0 Å². The second kappa shape index (κ2) is 9.48. The molecule has 0 aromatic heterocycles. The summed E-state index contributed by atoms with van der Waals surface area (Å²) >= 11 is 6.14. The van der Waals surface area contributed by atoms with E-state index >= 15 is 0 Å². The van der Waals surface area contributed by atoms with E-state index in [0.717, 1.165) is 5.56 Å². The van der Waals surface area contributed by atoms with E-state index in [1.165, 1.54) is 18.2 Å². The van der Waals surface area contributed by atoms with Gasteiger partial charge in [0.25, 0.3) is 5.69 Å². The minimum Gasteiger partial charge on any atom is -0.348 e. The van der Waals surface area contributed by atoms with E-state index in [1.807, 2.05) is 30.3 Å². The fraction of sp³-hybridized carbons (Fsp3) is 0.350. The van der Waals surface area contributed by atoms with Gasteiger partial charge >= 0.3 is 0 Å². The molecule has 27 heavy (non-hydrogen) atoms. The van der Waals surface area contributed by atoms with Crippen molar-refractivity contribution in [1.29, 1.82) is 0 Å². The minimum atomic E-state index is -0.459. The number of non-ortho nitro benzene ring substituents is 1. The third-order valence-electron chi connectivity index (χ3n) is 4.24. The third-order valence-corrected chi connectivity index (χ3v) is 4.60. The number of hydrogen-bond acceptors (Lipinski definition) is 4. The zero-order chi connectivity index (χ0) is 20.0. The molecule has 0 heterocycles. The second-order valence-corrected chi connectivity index (χ2v) is 7.31. The molecular formula is C20H24ClN3O3. The number of rotatable bonds is 8. The molecule has 0 saturated heterocycles. The van der Waals surface area contributed by atoms with Gasteiger partial charge in [0.05, 0.1) is 17.5 Å². The molecule has 0 aliphatic heterocycles. The maximum Gasteiger partial charge on any atom is 0.269 e. The molecule has 2 rings (SSSR count). The lowest BCUT2D eigenvalue weighted by Gasteiger charge is -2.25. The highest BCUT2D eigenvalue weighted by molar-refractivity contribution is 6.31. The van der Waals surface area contributed by atoms with Crippen molar-refractivity contribution >= 4 is 23.2 Å². The molecule has 0 aliphatic carbocycles. The topological polar surface area (TPSA) is 75.5 Å². The highest BCUT2D eigenvalue weighted by Crippen LogP contribution is 2.24. The van der Waals surface area contributed by atoms with Crippen LogP contribution in [0.2, 0.25) is 5.02 Å². The van der Waals surface area contributed by atoms with Crippen LogP contribution in [-0.2, 0) is 11.3 Å². The van der Waals surface area contributed by atoms with Crippen LogP contribution in [-0.4, -0.2) is 29.3 Å². The zero-order valence-electron chi connectivity index (χ0n) is 15.7. The lowest BCUT2D eigenvalue weighted by atomic mass is 9.96. The Hall–Kier alpha value is -2.44. The summed E-state index contributed by atoms with van der Waals surface area (Å²) in [6.07, 6.45) is 0. The number of nitro benzene ring substituents is 1. The van der Waals surface area contributed by atoms with E-state index in [0.29, 0.717) is 17.1 Å². The van der Waals surface area contributed by atoms with Crippen molar-refractivity contribution in [2.45, 2.75) is 26.4 Å². The van der Waals surface area contributed by atoms with Crippen LogP contribution >= 0.6 is 11.6 Å². The monoisotopic (exact) mass is 389 g/mol. The van der Waals surface area contributed by atoms with Crippen LogP contribution in [0.1, 0.15) is 31.0 Å². The molecule has 6 nitrogen and oxygen atoms in total. The first kappa shape index (κ1) is 20.9. The minimum absolute atomic E-state index is 0.0174. The molecule has 144 valence electrons. The number of carbonyl (C=O) groups excluding carboxylic acids is 1. The Labute approximate surface area is 164 Å². The molecule has 0 spiro atoms. The van der Waals surface area contributed by atoms with Gasteiger partial charge in [-0.3, -0.25) is 19.8 Å². The number of benzene rings is 2. The molecule has 1 atom stereocenters. The average molecular weight is 390 g/mol. The molecule has 0 bridgehead atoms. The van der Waals surface area contributed by atoms with Gasteiger partial charge in [-0.2, -0.15) is 0 Å². The molecule has 2 aromatic carbocycles. The maximum absolute atomic E-state index is 12.5. The third kappa shape index (κ3) is 6.05. The Bertz CT molecular complexity index is 796. The largest absolute Gasteiger partial charge is 0.348 e. The van der Waals surface area contributed by atoms with Crippen molar-refractivity contribution in [2.24, 2.45) is 5.92 Å². The molecule has 0 radical (unpaired) electrons. The normalized spacial score (nSPS) is 12.2. The first-order valence-electron chi connectivity index (χ1n) is 8.73. The number of carbonyl (C=O) groups is 1. The Balaban J connectivity index is 2.01. The van der Waals surface area contributed by atoms with Crippen LogP contribution in [0.15, 0.2) is 48.5 Å². The summed E-state index contributed by atoms with van der Waals surface area (Å²) in [4.78, 5) is 24.8. The van der Waals surface area contributed by atoms with E-state index in [2.05, 4.69) is 19.2 Å². The van der Waals surface area contributed by atoms with E-state index in [4.69, 9.17) is 11.6 Å². The molecule has 1 unspecified atom stereocenters. The number of nitrogens with one attached hydrogen (secondary N) is 1. The van der Waals surface area contributed by atoms with Gasteiger partial charge in [0.1, 0.15) is 0 Å². The van der Waals surface area contributed by atoms with E-state index in [9.17, 15) is 14.9 Å². The fourth-order valence-corrected chi connectivity index (χ4v) is 3.08. The summed E-state index contributed by atoms with van der Waals surface area (Å²) in [5, 5.41) is 14.4. The Morgan fingerprint density at radius 1 is 1.22 bits per heavy atom. The van der Waals surface area contributed by atoms with Crippen LogP contribution < -0.4 is 5.32 Å². The SMILES string of the molecule is CC(C)C(NC(=O)CN(C)Cc1cc([N+](=O)[O-])ccc1Cl)c1ccccc1. The van der Waals surface area contributed by atoms with E-state index in [1.54, 1.807) is 11.9 Å². The van der Waals surface area contributed by atoms with Gasteiger partial charge in [-0.05, 0) is 30.2 Å². The summed E-state index contributed by atoms with van der Waals surface area (Å²) in [5.74, 6) is 0.134. The molecule has 0 saturated carbocycles. The Morgan fingerprint density at radius 3 is 2.48 bits per heavy atom. The highest BCUT2D eigenvalue weighted by Gasteiger charge is 2.19. The molecule has 1 amide bonds. The summed E-state index contributed by atoms with van der Waals surface area (Å²) in [6.45, 7) is 4.62. The molecule has 7 heteroatoms. The molecule has 1 N–H and O–H groups in total. The fourth-order valence-electron chi connectivity index (χ4n) is 2.90. The molecule has 2 aromatic rings. The first-order valence-corrected chi connectivity index (χ1v) is 9.11. The number of halogens is 1. The Morgan fingerprint density at radius 2 is 1.89 bits per heavy atom. The van der Waals surface area contributed by atoms with Crippen molar-refractivity contribution in [1.82, 2.24) is 10.2 Å². The van der Waals surface area contributed by atoms with E-state index < -0.39 is 4.92 Å². The van der Waals surface area contributed by atoms with Crippen molar-refractivity contribution in [3.63, 3.8) is 0 Å². The number of nitrogens with zero attached hydrogens (tertiary/aromatic N) is 2. The van der Waals surface area contributed by atoms with Gasteiger partial charge in [0, 0.05) is 23.7 Å². The standard InChI is InChI=1S/C20H24ClN3O3/c1-14(2)20(15-7-5-4-6-8-15)22-19(25)13-23(3)12-16-11-17(24(26)27)9-10-18(16)21/h4-11,14,20H,12-13H2,1-3H3,(H,22,25). The number of hydrogen-bond donors (Lipinski definition) is 1. The summed E-state index contributed by atoms with van der Waals surface area (Å²) < 4.78 is 0. The van der Waals surface area contributed by atoms with Crippen molar-refractivity contribution in [2.75, 3.05) is 13.6 Å². The van der Waals surface area contributed by atoms with Crippen molar-refractivity contribution in [3.05, 3.63) is 74.8 Å². The van der Waals surface area contributed by atoms with Gasteiger partial charge in [0.15, 0.2) is 0 Å². The number of amides is 1. The predicted octanol–water partition coefficient (Wildman–Crippen LogP) is 4.19. The Kier molecular flexibility index (Phi) is 7.33. The maximum atomic E-state index is 12.5. The van der Waals surface area contributed by atoms with Crippen LogP contribution in [0.4, 0.5) is 5.69 Å². The van der Waals surface area contributed by atoms with Crippen LogP contribution in [0.5, 0.6) is 0 Å². The summed E-state index contributed by atoms with van der Waals surface area (Å²) in [7, 11) is 1.78. The van der Waals surface area contributed by atoms with Gasteiger partial charge in [-0.15, -0.1) is 0 Å². The van der Waals surface area contributed by atoms with Gasteiger partial charge < -0.3 is 5.32 Å². The average Bonchev–Trinajstić information content (AvgIpc) is 2.61. The van der Waals surface area contributed by atoms with Crippen LogP contribution in [0.25, 0.3) is 0 Å². The van der Waals surface area contributed by atoms with Gasteiger partial charge in [0.2, 0.25) is 5.91 Å². The lowest BCUT2D eigenvalue weighted by molar-refractivity contribution is -0.384. The summed E-state index contributed by atoms with van der Waals surface area (Å²) in [6, 6.07) is 14.1. The molecule has 0 fully saturated rings. The zero-order valence-corrected chi connectivity index (χ0v) is 16.4.